The highest BCUT2D eigenvalue weighted by Gasteiger charge is 2.52. The summed E-state index contributed by atoms with van der Waals surface area (Å²) in [6.07, 6.45) is 2.14. The van der Waals surface area contributed by atoms with Crippen molar-refractivity contribution in [2.45, 2.75) is 89.8 Å². The van der Waals surface area contributed by atoms with Gasteiger partial charge in [-0.15, -0.1) is 22.7 Å². The Hall–Kier alpha value is -2.15. The van der Waals surface area contributed by atoms with E-state index in [1.54, 1.807) is 22.7 Å². The maximum Gasteiger partial charge on any atom is 0.222 e. The number of nitrogens with zero attached hydrogens (tertiary/aromatic N) is 4. The Labute approximate surface area is 240 Å². The second kappa shape index (κ2) is 10.4. The SMILES string of the molecule is C[Si](C)[C@@]1(n2cnc3c(-c4ccc(-c5cccs5)s4)nc(N)nc32)C[C@H](OC(C)(C)C)[C@@H](COC(C)(C)C)O1. The smallest absolute Gasteiger partial charge is 0.222 e. The first-order valence-electron chi connectivity index (χ1n) is 13.2. The number of rotatable bonds is 7. The molecule has 2 N–H and O–H groups in total. The molecule has 0 unspecified atom stereocenters. The van der Waals surface area contributed by atoms with Gasteiger partial charge in [-0.25, -0.2) is 9.97 Å². The minimum atomic E-state index is -1.10. The molecule has 1 aliphatic heterocycles. The lowest BCUT2D eigenvalue weighted by Crippen LogP contribution is -2.45. The first kappa shape index (κ1) is 28.4. The fourth-order valence-electron chi connectivity index (χ4n) is 4.91. The molecule has 0 spiro atoms. The van der Waals surface area contributed by atoms with Crippen LogP contribution in [0.25, 0.3) is 31.5 Å². The topological polar surface area (TPSA) is 97.3 Å². The first-order valence-corrected chi connectivity index (χ1v) is 17.4. The number of imidazole rings is 1. The van der Waals surface area contributed by atoms with E-state index >= 15 is 0 Å². The van der Waals surface area contributed by atoms with Crippen molar-refractivity contribution in [1.29, 1.82) is 0 Å². The van der Waals surface area contributed by atoms with E-state index in [9.17, 15) is 0 Å². The maximum absolute atomic E-state index is 6.98. The van der Waals surface area contributed by atoms with E-state index in [0.29, 0.717) is 18.7 Å². The number of anilines is 1. The fraction of sp³-hybridized carbons (Fsp3) is 0.536. The van der Waals surface area contributed by atoms with Gasteiger partial charge < -0.3 is 19.9 Å². The van der Waals surface area contributed by atoms with Crippen LogP contribution in [0, 0.1) is 0 Å². The molecule has 0 saturated carbocycles. The van der Waals surface area contributed by atoms with Crippen LogP contribution in [-0.2, 0) is 19.6 Å². The zero-order chi connectivity index (χ0) is 28.2. The van der Waals surface area contributed by atoms with Crippen LogP contribution in [0.5, 0.6) is 0 Å². The Morgan fingerprint density at radius 1 is 1.08 bits per heavy atom. The Kier molecular flexibility index (Phi) is 7.53. The van der Waals surface area contributed by atoms with Crippen LogP contribution in [0.4, 0.5) is 5.95 Å². The standard InChI is InChI=1S/C28H38N5O3S2Si/c1-26(2,3)34-15-18-17(35-27(4,5)6)14-28(36-18,39(7)8)33-16-30-23-22(31-25(29)32-24(23)33)21-12-11-20(38-21)19-10-9-13-37-19/h9-13,16-18H,14-15H2,1-8H3,(H2,29,31,32)/t17-,18+,28+/m0/s1. The zero-order valence-corrected chi connectivity index (χ0v) is 26.6. The second-order valence-electron chi connectivity index (χ2n) is 12.2. The average Bonchev–Trinajstić information content (AvgIpc) is 3.60. The molecule has 11 heteroatoms. The lowest BCUT2D eigenvalue weighted by molar-refractivity contribution is -0.139. The Bertz CT molecular complexity index is 1440. The predicted octanol–water partition coefficient (Wildman–Crippen LogP) is 6.60. The number of ether oxygens (including phenoxy) is 3. The van der Waals surface area contributed by atoms with Gasteiger partial charge in [-0.1, -0.05) is 19.2 Å². The summed E-state index contributed by atoms with van der Waals surface area (Å²) in [5, 5.41) is 1.44. The molecule has 4 aromatic heterocycles. The number of nitrogen functional groups attached to an aromatic ring is 1. The van der Waals surface area contributed by atoms with Gasteiger partial charge in [0, 0.05) is 16.2 Å². The minimum absolute atomic E-state index is 0.144. The van der Waals surface area contributed by atoms with Crippen LogP contribution < -0.4 is 5.73 Å². The number of thiophene rings is 2. The summed E-state index contributed by atoms with van der Waals surface area (Å²) in [6, 6.07) is 8.40. The zero-order valence-electron chi connectivity index (χ0n) is 23.9. The Morgan fingerprint density at radius 3 is 2.46 bits per heavy atom. The number of hydrogen-bond acceptors (Lipinski definition) is 9. The molecule has 1 aliphatic rings. The normalized spacial score (nSPS) is 22.4. The molecule has 0 aromatic carbocycles. The van der Waals surface area contributed by atoms with Crippen molar-refractivity contribution >= 4 is 48.6 Å². The summed E-state index contributed by atoms with van der Waals surface area (Å²) >= 11 is 3.41. The molecular weight excluding hydrogens is 547 g/mol. The summed E-state index contributed by atoms with van der Waals surface area (Å²) < 4.78 is 21.8. The number of fused-ring (bicyclic) bond motifs is 1. The molecule has 39 heavy (non-hydrogen) atoms. The lowest BCUT2D eigenvalue weighted by Gasteiger charge is -2.34. The van der Waals surface area contributed by atoms with Crippen molar-refractivity contribution < 1.29 is 14.2 Å². The van der Waals surface area contributed by atoms with Crippen molar-refractivity contribution in [3.8, 4) is 20.3 Å². The van der Waals surface area contributed by atoms with Gasteiger partial charge in [0.05, 0.1) is 35.1 Å². The van der Waals surface area contributed by atoms with Gasteiger partial charge >= 0.3 is 0 Å². The van der Waals surface area contributed by atoms with Crippen molar-refractivity contribution in [2.24, 2.45) is 0 Å². The summed E-state index contributed by atoms with van der Waals surface area (Å²) in [7, 11) is -1.10. The van der Waals surface area contributed by atoms with E-state index in [-0.39, 0.29) is 29.4 Å². The molecule has 5 rings (SSSR count). The molecule has 0 bridgehead atoms. The highest BCUT2D eigenvalue weighted by Crippen LogP contribution is 2.44. The molecular formula is C28H38N5O3S2Si. The van der Waals surface area contributed by atoms with Crippen LogP contribution in [0.3, 0.4) is 0 Å². The molecule has 209 valence electrons. The largest absolute Gasteiger partial charge is 0.373 e. The van der Waals surface area contributed by atoms with Crippen molar-refractivity contribution in [1.82, 2.24) is 19.5 Å². The van der Waals surface area contributed by atoms with E-state index in [0.717, 1.165) is 16.1 Å². The quantitative estimate of drug-likeness (QED) is 0.244. The number of aromatic nitrogens is 4. The average molecular weight is 585 g/mol. The van der Waals surface area contributed by atoms with E-state index in [2.05, 4.69) is 93.8 Å². The molecule has 1 saturated heterocycles. The maximum atomic E-state index is 6.98. The summed E-state index contributed by atoms with van der Waals surface area (Å²) in [4.78, 5) is 17.6. The highest BCUT2D eigenvalue weighted by atomic mass is 32.1. The molecule has 8 nitrogen and oxygen atoms in total. The van der Waals surface area contributed by atoms with E-state index < -0.39 is 14.1 Å². The summed E-state index contributed by atoms with van der Waals surface area (Å²) in [6.45, 7) is 17.4. The molecule has 1 fully saturated rings. The van der Waals surface area contributed by atoms with Crippen molar-refractivity contribution in [3.05, 3.63) is 36.0 Å². The highest BCUT2D eigenvalue weighted by molar-refractivity contribution is 7.23. The van der Waals surface area contributed by atoms with Gasteiger partial charge in [0.2, 0.25) is 5.95 Å². The van der Waals surface area contributed by atoms with Gasteiger partial charge in [0.1, 0.15) is 31.5 Å². The molecule has 0 aliphatic carbocycles. The van der Waals surface area contributed by atoms with Crippen LogP contribution in [-0.4, -0.2) is 58.3 Å². The van der Waals surface area contributed by atoms with Crippen molar-refractivity contribution in [2.75, 3.05) is 12.3 Å². The van der Waals surface area contributed by atoms with Crippen LogP contribution >= 0.6 is 22.7 Å². The third-order valence-electron chi connectivity index (χ3n) is 6.61. The monoisotopic (exact) mass is 584 g/mol. The van der Waals surface area contributed by atoms with Gasteiger partial charge in [-0.05, 0) is 65.1 Å². The molecule has 4 aromatic rings. The number of hydrogen-bond donors (Lipinski definition) is 1. The minimum Gasteiger partial charge on any atom is -0.373 e. The van der Waals surface area contributed by atoms with Crippen molar-refractivity contribution in [3.63, 3.8) is 0 Å². The Balaban J connectivity index is 1.57. The third-order valence-corrected chi connectivity index (χ3v) is 10.9. The third kappa shape index (κ3) is 5.84. The summed E-state index contributed by atoms with van der Waals surface area (Å²) in [5.41, 5.74) is 7.85. The second-order valence-corrected chi connectivity index (χ2v) is 17.0. The van der Waals surface area contributed by atoms with E-state index in [1.807, 2.05) is 6.33 Å². The van der Waals surface area contributed by atoms with Gasteiger partial charge in [0.25, 0.3) is 0 Å². The van der Waals surface area contributed by atoms with Gasteiger partial charge in [-0.2, -0.15) is 4.98 Å². The van der Waals surface area contributed by atoms with E-state index in [4.69, 9.17) is 29.9 Å². The molecule has 3 atom stereocenters. The van der Waals surface area contributed by atoms with Gasteiger partial charge in [0.15, 0.2) is 5.65 Å². The molecule has 0 amide bonds. The van der Waals surface area contributed by atoms with Crippen LogP contribution in [0.1, 0.15) is 48.0 Å². The van der Waals surface area contributed by atoms with Crippen LogP contribution in [0.15, 0.2) is 36.0 Å². The molecule has 1 radical (unpaired) electrons. The molecule has 5 heterocycles. The van der Waals surface area contributed by atoms with Gasteiger partial charge in [-0.3, -0.25) is 4.57 Å². The fourth-order valence-corrected chi connectivity index (χ4v) is 8.38. The number of nitrogens with two attached hydrogens (primary N) is 1. The lowest BCUT2D eigenvalue weighted by atomic mass is 10.1. The summed E-state index contributed by atoms with van der Waals surface area (Å²) in [5.74, 6) is 0.217. The van der Waals surface area contributed by atoms with E-state index in [1.165, 1.54) is 9.75 Å². The first-order chi connectivity index (χ1) is 18.3. The predicted molar refractivity (Wildman–Crippen MR) is 162 cm³/mol. The Morgan fingerprint density at radius 2 is 1.82 bits per heavy atom. The van der Waals surface area contributed by atoms with Crippen LogP contribution in [0.2, 0.25) is 13.1 Å².